The van der Waals surface area contributed by atoms with Crippen LogP contribution in [-0.4, -0.2) is 18.4 Å². The molecule has 0 N–H and O–H groups in total. The second kappa shape index (κ2) is 4.91. The van der Waals surface area contributed by atoms with Gasteiger partial charge in [-0.05, 0) is 5.92 Å². The highest BCUT2D eigenvalue weighted by Gasteiger charge is 2.37. The highest BCUT2D eigenvalue weighted by atomic mass is 16.5. The van der Waals surface area contributed by atoms with E-state index in [9.17, 15) is 9.59 Å². The molecule has 0 aliphatic carbocycles. The Morgan fingerprint density at radius 1 is 1.33 bits per heavy atom. The maximum Gasteiger partial charge on any atom is 0.317 e. The fraction of sp³-hybridized carbons (Fsp3) is 0.778. The summed E-state index contributed by atoms with van der Waals surface area (Å²) in [6, 6.07) is 0. The van der Waals surface area contributed by atoms with Gasteiger partial charge in [-0.15, -0.1) is 0 Å². The Labute approximate surface area is 73.1 Å². The Morgan fingerprint density at radius 2 is 1.83 bits per heavy atom. The van der Waals surface area contributed by atoms with Crippen LogP contribution in [-0.2, 0) is 14.3 Å². The van der Waals surface area contributed by atoms with E-state index < -0.39 is 5.92 Å². The van der Waals surface area contributed by atoms with Crippen molar-refractivity contribution in [3.8, 4) is 0 Å². The molecule has 3 heteroatoms. The maximum atomic E-state index is 10.9. The Bertz CT molecular complexity index is 157. The number of rotatable bonds is 1. The van der Waals surface area contributed by atoms with Gasteiger partial charge in [0.15, 0.2) is 12.4 Å². The van der Waals surface area contributed by atoms with Gasteiger partial charge in [0.25, 0.3) is 0 Å². The van der Waals surface area contributed by atoms with E-state index >= 15 is 0 Å². The number of hydrogen-bond donors (Lipinski definition) is 0. The Kier molecular flexibility index (Phi) is 4.55. The summed E-state index contributed by atoms with van der Waals surface area (Å²) in [5.41, 5.74) is 0. The molecule has 0 aromatic heterocycles. The Balaban J connectivity index is 0.000000561. The first-order valence-electron chi connectivity index (χ1n) is 4.32. The first kappa shape index (κ1) is 11.1. The summed E-state index contributed by atoms with van der Waals surface area (Å²) in [7, 11) is 0. The number of carbonyl (C=O) groups excluding carboxylic acids is 2. The van der Waals surface area contributed by atoms with Crippen molar-refractivity contribution in [3.63, 3.8) is 0 Å². The molecule has 1 saturated heterocycles. The predicted molar refractivity (Wildman–Crippen MR) is 45.6 cm³/mol. The van der Waals surface area contributed by atoms with Crippen molar-refractivity contribution >= 4 is 11.8 Å². The lowest BCUT2D eigenvalue weighted by atomic mass is 9.94. The van der Waals surface area contributed by atoms with E-state index in [2.05, 4.69) is 4.74 Å². The summed E-state index contributed by atoms with van der Waals surface area (Å²) in [6.45, 7) is 7.66. The second-order valence-electron chi connectivity index (χ2n) is 2.80. The maximum absolute atomic E-state index is 10.9. The number of ether oxygens (including phenoxy) is 1. The quantitative estimate of drug-likeness (QED) is 0.443. The average molecular weight is 172 g/mol. The number of cyclic esters (lactones) is 1. The van der Waals surface area contributed by atoms with Crippen molar-refractivity contribution in [2.24, 2.45) is 11.8 Å². The van der Waals surface area contributed by atoms with Crippen LogP contribution in [0.15, 0.2) is 0 Å². The van der Waals surface area contributed by atoms with Gasteiger partial charge in [0.2, 0.25) is 0 Å². The van der Waals surface area contributed by atoms with Crippen molar-refractivity contribution in [1.82, 2.24) is 0 Å². The summed E-state index contributed by atoms with van der Waals surface area (Å²) in [4.78, 5) is 21.7. The third-order valence-electron chi connectivity index (χ3n) is 1.62. The number of ketones is 1. The molecule has 1 atom stereocenters. The van der Waals surface area contributed by atoms with E-state index in [1.165, 1.54) is 0 Å². The van der Waals surface area contributed by atoms with Crippen LogP contribution in [0.4, 0.5) is 0 Å². The summed E-state index contributed by atoms with van der Waals surface area (Å²) in [5, 5.41) is 0. The van der Waals surface area contributed by atoms with Crippen LogP contribution in [0.2, 0.25) is 0 Å². The van der Waals surface area contributed by atoms with Gasteiger partial charge >= 0.3 is 5.97 Å². The average Bonchev–Trinajstić information content (AvgIpc) is 2.35. The monoisotopic (exact) mass is 172 g/mol. The molecule has 0 radical (unpaired) electrons. The molecule has 1 unspecified atom stereocenters. The van der Waals surface area contributed by atoms with Crippen molar-refractivity contribution in [2.75, 3.05) is 6.61 Å². The highest BCUT2D eigenvalue weighted by Crippen LogP contribution is 2.19. The molecule has 0 amide bonds. The molecule has 0 aromatic carbocycles. The SMILES string of the molecule is CC.CC(C)C1C(=O)COC1=O. The Hall–Kier alpha value is -0.860. The number of Topliss-reactive ketones (excluding diaryl/α,β-unsaturated/α-hetero) is 1. The summed E-state index contributed by atoms with van der Waals surface area (Å²) < 4.78 is 4.55. The molecule has 1 aliphatic rings. The zero-order valence-electron chi connectivity index (χ0n) is 8.09. The van der Waals surface area contributed by atoms with Gasteiger partial charge in [-0.1, -0.05) is 27.7 Å². The molecule has 0 saturated carbocycles. The van der Waals surface area contributed by atoms with E-state index in [1.54, 1.807) is 0 Å². The van der Waals surface area contributed by atoms with Gasteiger partial charge in [-0.3, -0.25) is 9.59 Å². The number of esters is 1. The van der Waals surface area contributed by atoms with Gasteiger partial charge in [0.05, 0.1) is 0 Å². The van der Waals surface area contributed by atoms with E-state index in [4.69, 9.17) is 0 Å². The molecule has 1 heterocycles. The zero-order valence-corrected chi connectivity index (χ0v) is 8.09. The van der Waals surface area contributed by atoms with E-state index in [1.807, 2.05) is 27.7 Å². The van der Waals surface area contributed by atoms with E-state index in [-0.39, 0.29) is 24.3 Å². The largest absolute Gasteiger partial charge is 0.457 e. The van der Waals surface area contributed by atoms with Crippen LogP contribution in [0.25, 0.3) is 0 Å². The van der Waals surface area contributed by atoms with Gasteiger partial charge < -0.3 is 4.74 Å². The molecule has 0 bridgehead atoms. The predicted octanol–water partition coefficient (Wildman–Crippen LogP) is 1.41. The second-order valence-corrected chi connectivity index (χ2v) is 2.80. The van der Waals surface area contributed by atoms with Crippen LogP contribution in [0.3, 0.4) is 0 Å². The molecule has 3 nitrogen and oxygen atoms in total. The first-order chi connectivity index (χ1) is 5.63. The van der Waals surface area contributed by atoms with Gasteiger partial charge in [-0.2, -0.15) is 0 Å². The van der Waals surface area contributed by atoms with Crippen LogP contribution >= 0.6 is 0 Å². The molecular formula is C9H16O3. The standard InChI is InChI=1S/C7H10O3.C2H6/c1-4(2)6-5(8)3-10-7(6)9;1-2/h4,6H,3H2,1-2H3;1-2H3. The van der Waals surface area contributed by atoms with Crippen LogP contribution in [0.1, 0.15) is 27.7 Å². The topological polar surface area (TPSA) is 43.4 Å². The van der Waals surface area contributed by atoms with E-state index in [0.29, 0.717) is 0 Å². The van der Waals surface area contributed by atoms with Crippen LogP contribution in [0, 0.1) is 11.8 Å². The lowest BCUT2D eigenvalue weighted by Gasteiger charge is -2.05. The summed E-state index contributed by atoms with van der Waals surface area (Å²) in [6.07, 6.45) is 0. The van der Waals surface area contributed by atoms with Gasteiger partial charge in [0, 0.05) is 0 Å². The fourth-order valence-corrected chi connectivity index (χ4v) is 1.10. The zero-order chi connectivity index (χ0) is 9.72. The first-order valence-corrected chi connectivity index (χ1v) is 4.32. The minimum atomic E-state index is -0.500. The molecule has 1 rings (SSSR count). The van der Waals surface area contributed by atoms with Crippen LogP contribution < -0.4 is 0 Å². The molecule has 1 fully saturated rings. The molecular weight excluding hydrogens is 156 g/mol. The van der Waals surface area contributed by atoms with Crippen LogP contribution in [0.5, 0.6) is 0 Å². The normalized spacial score (nSPS) is 21.9. The number of hydrogen-bond acceptors (Lipinski definition) is 3. The van der Waals surface area contributed by atoms with Gasteiger partial charge in [-0.25, -0.2) is 0 Å². The number of carbonyl (C=O) groups is 2. The smallest absolute Gasteiger partial charge is 0.317 e. The summed E-state index contributed by atoms with van der Waals surface area (Å²) in [5.74, 6) is -0.873. The lowest BCUT2D eigenvalue weighted by Crippen LogP contribution is -2.21. The molecule has 70 valence electrons. The van der Waals surface area contributed by atoms with Crippen molar-refractivity contribution in [1.29, 1.82) is 0 Å². The minimum absolute atomic E-state index is 0.0261. The summed E-state index contributed by atoms with van der Waals surface area (Å²) >= 11 is 0. The van der Waals surface area contributed by atoms with Crippen molar-refractivity contribution < 1.29 is 14.3 Å². The van der Waals surface area contributed by atoms with Crippen molar-refractivity contribution in [2.45, 2.75) is 27.7 Å². The third kappa shape index (κ3) is 2.32. The molecule has 0 spiro atoms. The molecule has 12 heavy (non-hydrogen) atoms. The third-order valence-corrected chi connectivity index (χ3v) is 1.62. The fourth-order valence-electron chi connectivity index (χ4n) is 1.10. The lowest BCUT2D eigenvalue weighted by molar-refractivity contribution is -0.142. The van der Waals surface area contributed by atoms with Crippen molar-refractivity contribution in [3.05, 3.63) is 0 Å². The molecule has 1 aliphatic heterocycles. The minimum Gasteiger partial charge on any atom is -0.457 e. The molecule has 0 aromatic rings. The van der Waals surface area contributed by atoms with E-state index in [0.717, 1.165) is 0 Å². The van der Waals surface area contributed by atoms with Gasteiger partial charge in [0.1, 0.15) is 5.92 Å². The Morgan fingerprint density at radius 3 is 2.00 bits per heavy atom. The highest BCUT2D eigenvalue weighted by molar-refractivity contribution is 6.04.